The molecular formula is C45H53N5O6. The van der Waals surface area contributed by atoms with Crippen LogP contribution in [-0.4, -0.2) is 57.6 Å². The third-order valence-corrected chi connectivity index (χ3v) is 10.6. The van der Waals surface area contributed by atoms with E-state index in [4.69, 9.17) is 24.7 Å². The minimum atomic E-state index is 0.0217. The summed E-state index contributed by atoms with van der Waals surface area (Å²) in [5.41, 5.74) is 17.4. The number of allylic oxidation sites excluding steroid dienone is 2. The molecule has 11 heteroatoms. The number of aryl methyl sites for hydroxylation is 2. The number of nitrogens with zero attached hydrogens (tertiary/aromatic N) is 2. The number of ether oxygens (including phenoxy) is 4. The number of methoxy groups -OCH3 is 2. The number of hydrogen-bond donors (Lipinski definition) is 3. The molecule has 2 atom stereocenters. The molecule has 0 saturated heterocycles. The standard InChI is InChI=1S/C35H40N4O5.C10H13NO/c1-22-10-32(41-4)34(16-29(22)37-3)43-19-24-12-25(14-27(36)13-24)20-44-35-17-30(23(2)11-33(35)42-5)38-18-28-15-26-8-6-7-9-31(26)39(28)21-40;1-8-6-9-4-2-3-5-10(9)11(8)7-12/h6-14,16-17,21,28,37-38H,15,18-20,36H2,1-5H3;3,5,7-8H,2,4,6H2,1H3/t;8-/m.1/s1. The van der Waals surface area contributed by atoms with Gasteiger partial charge in [-0.15, -0.1) is 0 Å². The molecule has 1 aliphatic carbocycles. The first kappa shape index (κ1) is 39.6. The molecule has 0 radical (unpaired) electrons. The van der Waals surface area contributed by atoms with E-state index in [-0.39, 0.29) is 12.6 Å². The fourth-order valence-electron chi connectivity index (χ4n) is 7.66. The molecule has 0 bridgehead atoms. The third-order valence-electron chi connectivity index (χ3n) is 10.6. The summed E-state index contributed by atoms with van der Waals surface area (Å²) < 4.78 is 23.6. The lowest BCUT2D eigenvalue weighted by Crippen LogP contribution is -2.36. The Morgan fingerprint density at radius 3 is 2.05 bits per heavy atom. The number of carbonyl (C=O) groups is 2. The van der Waals surface area contributed by atoms with Crippen LogP contribution < -0.4 is 40.2 Å². The smallest absolute Gasteiger partial charge is 0.214 e. The number of benzene rings is 4. The molecule has 7 rings (SSSR count). The number of nitrogens with two attached hydrogens (primary N) is 1. The van der Waals surface area contributed by atoms with E-state index >= 15 is 0 Å². The van der Waals surface area contributed by atoms with Gasteiger partial charge in [0.15, 0.2) is 23.0 Å². The summed E-state index contributed by atoms with van der Waals surface area (Å²) in [7, 11) is 5.13. The molecule has 0 spiro atoms. The topological polar surface area (TPSA) is 128 Å². The van der Waals surface area contributed by atoms with Crippen LogP contribution in [0.5, 0.6) is 23.0 Å². The summed E-state index contributed by atoms with van der Waals surface area (Å²) in [6.45, 7) is 7.32. The van der Waals surface area contributed by atoms with Gasteiger partial charge in [-0.3, -0.25) is 9.59 Å². The number of amides is 2. The van der Waals surface area contributed by atoms with Crippen molar-refractivity contribution < 1.29 is 28.5 Å². The maximum absolute atomic E-state index is 11.9. The Balaban J connectivity index is 0.000000374. The normalized spacial score (nSPS) is 16.7. The Hall–Kier alpha value is -6.10. The van der Waals surface area contributed by atoms with Crippen molar-refractivity contribution in [2.45, 2.75) is 71.8 Å². The predicted octanol–water partition coefficient (Wildman–Crippen LogP) is 7.94. The molecule has 4 N–H and O–H groups in total. The van der Waals surface area contributed by atoms with Crippen LogP contribution in [0.25, 0.3) is 0 Å². The highest BCUT2D eigenvalue weighted by atomic mass is 16.5. The van der Waals surface area contributed by atoms with Crippen LogP contribution in [0.4, 0.5) is 22.7 Å². The number of nitrogen functional groups attached to an aromatic ring is 1. The van der Waals surface area contributed by atoms with E-state index in [2.05, 4.69) is 35.8 Å². The number of para-hydroxylation sites is 1. The van der Waals surface area contributed by atoms with Crippen LogP contribution in [0.2, 0.25) is 0 Å². The van der Waals surface area contributed by atoms with Gasteiger partial charge in [0, 0.05) is 60.2 Å². The summed E-state index contributed by atoms with van der Waals surface area (Å²) >= 11 is 0. The zero-order valence-electron chi connectivity index (χ0n) is 33.2. The monoisotopic (exact) mass is 759 g/mol. The molecule has 11 nitrogen and oxygen atoms in total. The van der Waals surface area contributed by atoms with Crippen LogP contribution in [0.3, 0.4) is 0 Å². The highest BCUT2D eigenvalue weighted by Crippen LogP contribution is 2.37. The molecule has 0 aromatic heterocycles. The molecule has 2 amide bonds. The van der Waals surface area contributed by atoms with Crippen molar-refractivity contribution in [3.05, 3.63) is 118 Å². The van der Waals surface area contributed by atoms with Crippen LogP contribution >= 0.6 is 0 Å². The molecule has 3 aliphatic rings. The molecule has 0 fully saturated rings. The molecule has 1 unspecified atom stereocenters. The average Bonchev–Trinajstić information content (AvgIpc) is 3.74. The molecular weight excluding hydrogens is 707 g/mol. The van der Waals surface area contributed by atoms with Crippen molar-refractivity contribution in [2.75, 3.05) is 49.1 Å². The van der Waals surface area contributed by atoms with Crippen LogP contribution in [0.1, 0.15) is 54.0 Å². The molecule has 0 saturated carbocycles. The first-order valence-electron chi connectivity index (χ1n) is 19.0. The third kappa shape index (κ3) is 8.88. The fraction of sp³-hybridized carbons (Fsp3) is 0.333. The van der Waals surface area contributed by atoms with Gasteiger partial charge in [0.1, 0.15) is 13.2 Å². The number of anilines is 4. The number of carbonyl (C=O) groups excluding carboxylic acids is 2. The summed E-state index contributed by atoms with van der Waals surface area (Å²) in [6.07, 6.45) is 10.2. The Labute approximate surface area is 330 Å². The Kier molecular flexibility index (Phi) is 12.7. The van der Waals surface area contributed by atoms with Crippen molar-refractivity contribution in [3.63, 3.8) is 0 Å². The van der Waals surface area contributed by atoms with Gasteiger partial charge >= 0.3 is 0 Å². The van der Waals surface area contributed by atoms with Crippen LogP contribution in [0.15, 0.2) is 90.2 Å². The molecule has 4 aromatic carbocycles. The minimum absolute atomic E-state index is 0.0217. The Morgan fingerprint density at radius 1 is 0.804 bits per heavy atom. The summed E-state index contributed by atoms with van der Waals surface area (Å²) in [5.74, 6) is 2.55. The number of nitrogens with one attached hydrogen (secondary N) is 2. The first-order valence-corrected chi connectivity index (χ1v) is 19.0. The van der Waals surface area contributed by atoms with Crippen molar-refractivity contribution in [3.8, 4) is 23.0 Å². The Bertz CT molecular complexity index is 2110. The highest BCUT2D eigenvalue weighted by Gasteiger charge is 2.29. The lowest BCUT2D eigenvalue weighted by atomic mass is 10.0. The summed E-state index contributed by atoms with van der Waals surface area (Å²) in [4.78, 5) is 26.2. The van der Waals surface area contributed by atoms with Gasteiger partial charge in [-0.05, 0) is 122 Å². The largest absolute Gasteiger partial charge is 0.493 e. The van der Waals surface area contributed by atoms with Crippen LogP contribution in [0, 0.1) is 13.8 Å². The molecule has 294 valence electrons. The quantitative estimate of drug-likeness (QED) is 0.0868. The number of fused-ring (bicyclic) bond motifs is 1. The Morgan fingerprint density at radius 2 is 1.43 bits per heavy atom. The summed E-state index contributed by atoms with van der Waals surface area (Å²) in [5, 5.41) is 6.71. The van der Waals surface area contributed by atoms with Crippen molar-refractivity contribution in [1.82, 2.24) is 4.90 Å². The number of rotatable bonds is 14. The van der Waals surface area contributed by atoms with E-state index in [1.54, 1.807) is 19.1 Å². The molecule has 56 heavy (non-hydrogen) atoms. The van der Waals surface area contributed by atoms with Gasteiger partial charge in [-0.2, -0.15) is 0 Å². The fourth-order valence-corrected chi connectivity index (χ4v) is 7.66. The van der Waals surface area contributed by atoms with Crippen molar-refractivity contribution in [1.29, 1.82) is 0 Å². The van der Waals surface area contributed by atoms with Gasteiger partial charge in [0.25, 0.3) is 0 Å². The molecule has 4 aromatic rings. The van der Waals surface area contributed by atoms with E-state index in [0.717, 1.165) is 83.5 Å². The van der Waals surface area contributed by atoms with Crippen LogP contribution in [-0.2, 0) is 29.2 Å². The van der Waals surface area contributed by atoms with E-state index in [1.807, 2.05) is 86.5 Å². The van der Waals surface area contributed by atoms with E-state index in [0.29, 0.717) is 47.9 Å². The van der Waals surface area contributed by atoms with E-state index < -0.39 is 0 Å². The average molecular weight is 760 g/mol. The van der Waals surface area contributed by atoms with E-state index in [9.17, 15) is 9.59 Å². The van der Waals surface area contributed by atoms with Gasteiger partial charge < -0.3 is 45.1 Å². The lowest BCUT2D eigenvalue weighted by Gasteiger charge is -2.23. The first-order chi connectivity index (χ1) is 27.2. The second-order valence-electron chi connectivity index (χ2n) is 14.4. The van der Waals surface area contributed by atoms with Crippen molar-refractivity contribution >= 4 is 35.6 Å². The zero-order valence-corrected chi connectivity index (χ0v) is 33.2. The second kappa shape index (κ2) is 18.0. The molecule has 2 heterocycles. The summed E-state index contributed by atoms with van der Waals surface area (Å²) in [6, 6.07) is 22.0. The second-order valence-corrected chi connectivity index (χ2v) is 14.4. The van der Waals surface area contributed by atoms with E-state index in [1.165, 1.54) is 11.1 Å². The van der Waals surface area contributed by atoms with Gasteiger partial charge in [-0.1, -0.05) is 24.3 Å². The molecule has 2 aliphatic heterocycles. The minimum Gasteiger partial charge on any atom is -0.493 e. The predicted molar refractivity (Wildman–Crippen MR) is 223 cm³/mol. The lowest BCUT2D eigenvalue weighted by molar-refractivity contribution is -0.117. The van der Waals surface area contributed by atoms with Gasteiger partial charge in [0.2, 0.25) is 12.8 Å². The van der Waals surface area contributed by atoms with Gasteiger partial charge in [0.05, 0.1) is 20.3 Å². The SMILES string of the molecule is CNc1cc(OCc2cc(N)cc(COc3cc(NCC4Cc5ccccc5N4C=O)c(C)cc3OC)c2)c(OC)cc1C.C[C@@H]1CC2=C(C=CCC2)N1C=O. The maximum atomic E-state index is 11.9. The maximum Gasteiger partial charge on any atom is 0.214 e. The zero-order chi connectivity index (χ0) is 39.8. The van der Waals surface area contributed by atoms with Gasteiger partial charge in [-0.25, -0.2) is 0 Å². The highest BCUT2D eigenvalue weighted by molar-refractivity contribution is 5.81. The van der Waals surface area contributed by atoms with Crippen molar-refractivity contribution in [2.24, 2.45) is 0 Å². The number of hydrogen-bond acceptors (Lipinski definition) is 9.